The maximum absolute atomic E-state index is 11.2. The van der Waals surface area contributed by atoms with Gasteiger partial charge in [0.05, 0.1) is 5.56 Å². The van der Waals surface area contributed by atoms with E-state index in [1.807, 2.05) is 12.1 Å². The van der Waals surface area contributed by atoms with Crippen molar-refractivity contribution in [3.8, 4) is 0 Å². The lowest BCUT2D eigenvalue weighted by atomic mass is 9.63. The lowest BCUT2D eigenvalue weighted by molar-refractivity contribution is 0.0697. The van der Waals surface area contributed by atoms with Crippen molar-refractivity contribution < 1.29 is 9.90 Å². The van der Waals surface area contributed by atoms with E-state index in [9.17, 15) is 9.90 Å². The number of benzene rings is 2. The van der Waals surface area contributed by atoms with Gasteiger partial charge in [0, 0.05) is 0 Å². The predicted octanol–water partition coefficient (Wildman–Crippen LogP) is 6.33. The molecule has 2 aliphatic rings. The Morgan fingerprint density at radius 1 is 0.778 bits per heavy atom. The van der Waals surface area contributed by atoms with E-state index < -0.39 is 5.97 Å². The Bertz CT molecular complexity index is 937. The van der Waals surface area contributed by atoms with Crippen LogP contribution in [-0.4, -0.2) is 11.1 Å². The zero-order valence-electron chi connectivity index (χ0n) is 16.7. The molecule has 0 saturated heterocycles. The number of rotatable bonds is 3. The Hall–Kier alpha value is -2.35. The molecule has 2 heteroatoms. The second-order valence-electron chi connectivity index (χ2n) is 9.39. The van der Waals surface area contributed by atoms with E-state index >= 15 is 0 Å². The van der Waals surface area contributed by atoms with Gasteiger partial charge in [0.1, 0.15) is 0 Å². The quantitative estimate of drug-likeness (QED) is 0.694. The zero-order chi connectivity index (χ0) is 19.4. The Morgan fingerprint density at radius 2 is 1.30 bits per heavy atom. The van der Waals surface area contributed by atoms with E-state index in [1.54, 1.807) is 12.1 Å². The van der Waals surface area contributed by atoms with Crippen LogP contribution in [0.1, 0.15) is 86.0 Å². The lowest BCUT2D eigenvalue weighted by Crippen LogP contribution is -2.33. The second-order valence-corrected chi connectivity index (χ2v) is 9.39. The van der Waals surface area contributed by atoms with E-state index in [-0.39, 0.29) is 10.8 Å². The van der Waals surface area contributed by atoms with Crippen LogP contribution in [0.2, 0.25) is 0 Å². The van der Waals surface area contributed by atoms with Gasteiger partial charge in [-0.2, -0.15) is 0 Å². The maximum Gasteiger partial charge on any atom is 0.335 e. The number of carboxylic acid groups (broad SMARTS) is 1. The summed E-state index contributed by atoms with van der Waals surface area (Å²) in [5, 5.41) is 9.18. The van der Waals surface area contributed by atoms with Crippen LogP contribution in [-0.2, 0) is 10.8 Å². The molecule has 0 amide bonds. The number of carboxylic acids is 1. The standard InChI is InChI=1S/C25H28O2/c1-24(2)13-14-25(3,4)21-15-19(11-12-20(21)24)22(16-5-6-16)17-7-9-18(10-8-17)23(26)27/h7-12,15H,5-6,13-14H2,1-4H3,(H,26,27). The van der Waals surface area contributed by atoms with Gasteiger partial charge in [-0.25, -0.2) is 4.79 Å². The van der Waals surface area contributed by atoms with E-state index in [0.29, 0.717) is 5.56 Å². The third-order valence-electron chi connectivity index (χ3n) is 6.42. The molecule has 2 aliphatic carbocycles. The minimum atomic E-state index is -0.875. The molecule has 0 bridgehead atoms. The van der Waals surface area contributed by atoms with Crippen molar-refractivity contribution in [3.63, 3.8) is 0 Å². The Kier molecular flexibility index (Phi) is 4.06. The number of fused-ring (bicyclic) bond motifs is 1. The van der Waals surface area contributed by atoms with Crippen LogP contribution in [0.25, 0.3) is 5.57 Å². The van der Waals surface area contributed by atoms with E-state index in [4.69, 9.17) is 0 Å². The third kappa shape index (κ3) is 3.22. The SMILES string of the molecule is CC1(C)CCC(C)(C)c2cc(C(=C3CC3)c3ccc(C(=O)O)cc3)ccc21. The summed E-state index contributed by atoms with van der Waals surface area (Å²) in [7, 11) is 0. The molecule has 1 fully saturated rings. The van der Waals surface area contributed by atoms with Gasteiger partial charge >= 0.3 is 5.97 Å². The highest BCUT2D eigenvalue weighted by atomic mass is 16.4. The maximum atomic E-state index is 11.2. The fourth-order valence-corrected chi connectivity index (χ4v) is 4.41. The molecular weight excluding hydrogens is 332 g/mol. The highest BCUT2D eigenvalue weighted by molar-refractivity contribution is 5.90. The van der Waals surface area contributed by atoms with Gasteiger partial charge in [-0.15, -0.1) is 0 Å². The van der Waals surface area contributed by atoms with Crippen molar-refractivity contribution in [3.05, 3.63) is 75.9 Å². The monoisotopic (exact) mass is 360 g/mol. The number of hydrogen-bond acceptors (Lipinski definition) is 1. The van der Waals surface area contributed by atoms with Gasteiger partial charge in [0.25, 0.3) is 0 Å². The minimum Gasteiger partial charge on any atom is -0.478 e. The normalized spacial score (nSPS) is 19.3. The molecule has 0 aromatic heterocycles. The van der Waals surface area contributed by atoms with Gasteiger partial charge in [-0.05, 0) is 76.5 Å². The van der Waals surface area contributed by atoms with Crippen LogP contribution in [0, 0.1) is 0 Å². The molecule has 2 nitrogen and oxygen atoms in total. The number of hydrogen-bond donors (Lipinski definition) is 1. The highest BCUT2D eigenvalue weighted by Crippen LogP contribution is 2.48. The fraction of sp³-hybridized carbons (Fsp3) is 0.400. The predicted molar refractivity (Wildman–Crippen MR) is 110 cm³/mol. The summed E-state index contributed by atoms with van der Waals surface area (Å²) >= 11 is 0. The molecule has 0 atom stereocenters. The van der Waals surface area contributed by atoms with Gasteiger partial charge in [0.2, 0.25) is 0 Å². The fourth-order valence-electron chi connectivity index (χ4n) is 4.41. The van der Waals surface area contributed by atoms with Crippen molar-refractivity contribution in [1.29, 1.82) is 0 Å². The average molecular weight is 360 g/mol. The van der Waals surface area contributed by atoms with Crippen LogP contribution < -0.4 is 0 Å². The Morgan fingerprint density at radius 3 is 1.85 bits per heavy atom. The summed E-state index contributed by atoms with van der Waals surface area (Å²) in [6.45, 7) is 9.42. The molecule has 0 radical (unpaired) electrons. The first-order valence-electron chi connectivity index (χ1n) is 9.90. The minimum absolute atomic E-state index is 0.188. The first-order chi connectivity index (χ1) is 12.7. The Balaban J connectivity index is 1.82. The molecule has 0 spiro atoms. The van der Waals surface area contributed by atoms with Crippen LogP contribution >= 0.6 is 0 Å². The van der Waals surface area contributed by atoms with Gasteiger partial charge in [-0.1, -0.05) is 63.6 Å². The summed E-state index contributed by atoms with van der Waals surface area (Å²) in [4.78, 5) is 11.2. The average Bonchev–Trinajstić information content (AvgIpc) is 3.45. The smallest absolute Gasteiger partial charge is 0.335 e. The molecule has 140 valence electrons. The summed E-state index contributed by atoms with van der Waals surface area (Å²) in [6, 6.07) is 14.4. The van der Waals surface area contributed by atoms with Crippen molar-refractivity contribution in [2.24, 2.45) is 0 Å². The van der Waals surface area contributed by atoms with Crippen LogP contribution in [0.5, 0.6) is 0 Å². The molecule has 1 saturated carbocycles. The van der Waals surface area contributed by atoms with Crippen molar-refractivity contribution in [1.82, 2.24) is 0 Å². The summed E-state index contributed by atoms with van der Waals surface area (Å²) in [6.07, 6.45) is 4.70. The van der Waals surface area contributed by atoms with Crippen LogP contribution in [0.4, 0.5) is 0 Å². The van der Waals surface area contributed by atoms with E-state index in [2.05, 4.69) is 45.9 Å². The van der Waals surface area contributed by atoms with Gasteiger partial charge < -0.3 is 5.11 Å². The molecule has 0 unspecified atom stereocenters. The van der Waals surface area contributed by atoms with Crippen LogP contribution in [0.15, 0.2) is 48.0 Å². The molecule has 0 heterocycles. The number of allylic oxidation sites excluding steroid dienone is 1. The van der Waals surface area contributed by atoms with E-state index in [1.165, 1.54) is 40.7 Å². The van der Waals surface area contributed by atoms with Crippen molar-refractivity contribution in [2.45, 2.75) is 64.2 Å². The molecule has 2 aromatic rings. The van der Waals surface area contributed by atoms with Crippen molar-refractivity contribution in [2.75, 3.05) is 0 Å². The zero-order valence-corrected chi connectivity index (χ0v) is 16.7. The van der Waals surface area contributed by atoms with Gasteiger partial charge in [-0.3, -0.25) is 0 Å². The molecule has 1 N–H and O–H groups in total. The van der Waals surface area contributed by atoms with E-state index in [0.717, 1.165) is 18.4 Å². The summed E-state index contributed by atoms with van der Waals surface area (Å²) in [5.74, 6) is -0.875. The lowest BCUT2D eigenvalue weighted by Gasteiger charge is -2.42. The Labute approximate surface area is 161 Å². The molecule has 0 aliphatic heterocycles. The topological polar surface area (TPSA) is 37.3 Å². The molecule has 2 aromatic carbocycles. The molecule has 27 heavy (non-hydrogen) atoms. The van der Waals surface area contributed by atoms with Crippen molar-refractivity contribution >= 4 is 11.5 Å². The summed E-state index contributed by atoms with van der Waals surface area (Å²) in [5.41, 5.74) is 8.87. The second kappa shape index (κ2) is 6.09. The molecule has 4 rings (SSSR count). The third-order valence-corrected chi connectivity index (χ3v) is 6.42. The number of carbonyl (C=O) groups is 1. The first-order valence-corrected chi connectivity index (χ1v) is 9.90. The summed E-state index contributed by atoms with van der Waals surface area (Å²) < 4.78 is 0. The largest absolute Gasteiger partial charge is 0.478 e. The number of aromatic carboxylic acids is 1. The highest BCUT2D eigenvalue weighted by Gasteiger charge is 2.37. The molecular formula is C25H28O2. The van der Waals surface area contributed by atoms with Gasteiger partial charge in [0.15, 0.2) is 0 Å². The van der Waals surface area contributed by atoms with Crippen LogP contribution in [0.3, 0.4) is 0 Å². The first kappa shape index (κ1) is 18.0.